The molecular weight excluding hydrogens is 376 g/mol. The molecule has 0 radical (unpaired) electrons. The summed E-state index contributed by atoms with van der Waals surface area (Å²) in [6.07, 6.45) is 2.91. The van der Waals surface area contributed by atoms with Gasteiger partial charge in [-0.3, -0.25) is 9.59 Å². The number of hydrogen-bond acceptors (Lipinski definition) is 7. The highest BCUT2D eigenvalue weighted by atomic mass is 16.5. The molecule has 1 aliphatic rings. The highest BCUT2D eigenvalue weighted by Crippen LogP contribution is 2.31. The topological polar surface area (TPSA) is 92.0 Å². The summed E-state index contributed by atoms with van der Waals surface area (Å²) in [5.41, 5.74) is 0.319. The van der Waals surface area contributed by atoms with E-state index in [2.05, 4.69) is 0 Å². The maximum atomic E-state index is 12.7. The fourth-order valence-electron chi connectivity index (χ4n) is 2.74. The number of carbonyl (C=O) groups is 2. The Hall–Kier alpha value is -3.61. The molecule has 0 spiro atoms. The number of fused-ring (bicyclic) bond motifs is 1. The molecular formula is C22H18O7. The lowest BCUT2D eigenvalue weighted by Gasteiger charge is -2.08. The number of benzene rings is 2. The Morgan fingerprint density at radius 2 is 1.79 bits per heavy atom. The van der Waals surface area contributed by atoms with Gasteiger partial charge in [-0.1, -0.05) is 0 Å². The van der Waals surface area contributed by atoms with Crippen molar-refractivity contribution in [2.24, 2.45) is 5.92 Å². The summed E-state index contributed by atoms with van der Waals surface area (Å²) in [4.78, 5) is 36.1. The van der Waals surface area contributed by atoms with Gasteiger partial charge >= 0.3 is 11.9 Å². The summed E-state index contributed by atoms with van der Waals surface area (Å²) < 4.78 is 21.3. The minimum Gasteiger partial charge on any atom is -0.462 e. The van der Waals surface area contributed by atoms with Crippen molar-refractivity contribution in [1.82, 2.24) is 0 Å². The lowest BCUT2D eigenvalue weighted by Crippen LogP contribution is -2.10. The maximum Gasteiger partial charge on any atom is 0.338 e. The average molecular weight is 394 g/mol. The van der Waals surface area contributed by atoms with E-state index in [1.54, 1.807) is 37.3 Å². The Kier molecular flexibility index (Phi) is 5.03. The molecule has 0 N–H and O–H groups in total. The molecule has 29 heavy (non-hydrogen) atoms. The summed E-state index contributed by atoms with van der Waals surface area (Å²) >= 11 is 0. The van der Waals surface area contributed by atoms with Gasteiger partial charge in [-0.2, -0.15) is 0 Å². The van der Waals surface area contributed by atoms with Crippen LogP contribution in [0.3, 0.4) is 0 Å². The molecule has 1 heterocycles. The summed E-state index contributed by atoms with van der Waals surface area (Å²) in [5, 5.41) is 0.303. The van der Waals surface area contributed by atoms with Crippen molar-refractivity contribution in [3.8, 4) is 17.2 Å². The van der Waals surface area contributed by atoms with Crippen LogP contribution in [0.15, 0.2) is 57.9 Å². The third-order valence-corrected chi connectivity index (χ3v) is 4.44. The average Bonchev–Trinajstić information content (AvgIpc) is 3.56. The molecule has 0 atom stereocenters. The minimum atomic E-state index is -0.428. The fourth-order valence-corrected chi connectivity index (χ4v) is 2.74. The number of carbonyl (C=O) groups excluding carboxylic acids is 2. The van der Waals surface area contributed by atoms with Crippen molar-refractivity contribution in [2.45, 2.75) is 19.8 Å². The summed E-state index contributed by atoms with van der Waals surface area (Å²) in [6, 6.07) is 10.8. The zero-order valence-electron chi connectivity index (χ0n) is 15.7. The Balaban J connectivity index is 1.53. The van der Waals surface area contributed by atoms with Gasteiger partial charge < -0.3 is 18.6 Å². The van der Waals surface area contributed by atoms with Crippen LogP contribution >= 0.6 is 0 Å². The number of hydrogen-bond donors (Lipinski definition) is 0. The molecule has 2 aromatic carbocycles. The normalized spacial score (nSPS) is 13.1. The van der Waals surface area contributed by atoms with Crippen LogP contribution in [0.5, 0.6) is 17.2 Å². The molecule has 0 unspecified atom stereocenters. The molecule has 7 heteroatoms. The molecule has 0 saturated heterocycles. The highest BCUT2D eigenvalue weighted by molar-refractivity contribution is 5.89. The van der Waals surface area contributed by atoms with Crippen LogP contribution in [-0.2, 0) is 9.53 Å². The second kappa shape index (κ2) is 7.79. The first-order valence-electron chi connectivity index (χ1n) is 9.27. The molecule has 148 valence electrons. The van der Waals surface area contributed by atoms with Gasteiger partial charge in [-0.15, -0.1) is 0 Å². The molecule has 1 fully saturated rings. The van der Waals surface area contributed by atoms with E-state index in [-0.39, 0.29) is 29.7 Å². The largest absolute Gasteiger partial charge is 0.462 e. The van der Waals surface area contributed by atoms with Gasteiger partial charge in [0.2, 0.25) is 11.2 Å². The van der Waals surface area contributed by atoms with Gasteiger partial charge in [-0.05, 0) is 56.2 Å². The van der Waals surface area contributed by atoms with Crippen LogP contribution < -0.4 is 14.9 Å². The van der Waals surface area contributed by atoms with Crippen molar-refractivity contribution >= 4 is 22.9 Å². The van der Waals surface area contributed by atoms with Gasteiger partial charge in [0.25, 0.3) is 0 Å². The van der Waals surface area contributed by atoms with Crippen LogP contribution in [0.25, 0.3) is 11.0 Å². The smallest absolute Gasteiger partial charge is 0.338 e. The molecule has 1 aromatic heterocycles. The second-order valence-electron chi connectivity index (χ2n) is 6.63. The molecule has 4 rings (SSSR count). The summed E-state index contributed by atoms with van der Waals surface area (Å²) in [5.74, 6) is -0.00589. The molecule has 1 saturated carbocycles. The number of esters is 2. The SMILES string of the molecule is CCOC(=O)c1ccc(Oc2coc3cc(OC(=O)C4CC4)ccc3c2=O)cc1. The minimum absolute atomic E-state index is 0.00381. The zero-order valence-corrected chi connectivity index (χ0v) is 15.7. The van der Waals surface area contributed by atoms with Crippen LogP contribution in [0.2, 0.25) is 0 Å². The third-order valence-electron chi connectivity index (χ3n) is 4.44. The van der Waals surface area contributed by atoms with Crippen LogP contribution in [0, 0.1) is 5.92 Å². The van der Waals surface area contributed by atoms with Crippen molar-refractivity contribution in [2.75, 3.05) is 6.61 Å². The highest BCUT2D eigenvalue weighted by Gasteiger charge is 2.31. The Labute approximate surface area is 165 Å². The standard InChI is InChI=1S/C22H18O7/c1-2-26-21(24)13-5-7-15(8-6-13)28-19-12-27-18-11-16(9-10-17(18)20(19)23)29-22(25)14-3-4-14/h5-12,14H,2-4H2,1H3. The quantitative estimate of drug-likeness (QED) is 0.459. The Bertz CT molecular complexity index is 1120. The molecule has 1 aliphatic carbocycles. The van der Waals surface area contributed by atoms with Gasteiger partial charge in [0.05, 0.1) is 23.5 Å². The monoisotopic (exact) mass is 394 g/mol. The van der Waals surface area contributed by atoms with E-state index >= 15 is 0 Å². The predicted molar refractivity (Wildman–Crippen MR) is 103 cm³/mol. The lowest BCUT2D eigenvalue weighted by molar-refractivity contribution is -0.135. The van der Waals surface area contributed by atoms with E-state index in [9.17, 15) is 14.4 Å². The molecule has 0 amide bonds. The first kappa shape index (κ1) is 18.7. The van der Waals surface area contributed by atoms with E-state index < -0.39 is 5.97 Å². The van der Waals surface area contributed by atoms with Crippen LogP contribution in [-0.4, -0.2) is 18.5 Å². The molecule has 7 nitrogen and oxygen atoms in total. The van der Waals surface area contributed by atoms with Gasteiger partial charge in [0, 0.05) is 6.07 Å². The molecule has 0 aliphatic heterocycles. The van der Waals surface area contributed by atoms with Crippen molar-refractivity contribution < 1.29 is 28.2 Å². The second-order valence-corrected chi connectivity index (χ2v) is 6.63. The fraction of sp³-hybridized carbons (Fsp3) is 0.227. The van der Waals surface area contributed by atoms with Gasteiger partial charge in [0.1, 0.15) is 23.3 Å². The van der Waals surface area contributed by atoms with Crippen LogP contribution in [0.4, 0.5) is 0 Å². The van der Waals surface area contributed by atoms with E-state index in [0.717, 1.165) is 12.8 Å². The van der Waals surface area contributed by atoms with E-state index in [1.807, 2.05) is 0 Å². The maximum absolute atomic E-state index is 12.7. The van der Waals surface area contributed by atoms with Crippen molar-refractivity contribution in [3.63, 3.8) is 0 Å². The first-order valence-corrected chi connectivity index (χ1v) is 9.27. The first-order chi connectivity index (χ1) is 14.0. The number of ether oxygens (including phenoxy) is 3. The van der Waals surface area contributed by atoms with E-state index in [1.165, 1.54) is 18.4 Å². The Morgan fingerprint density at radius 1 is 1.07 bits per heavy atom. The van der Waals surface area contributed by atoms with Crippen molar-refractivity contribution in [1.29, 1.82) is 0 Å². The van der Waals surface area contributed by atoms with Gasteiger partial charge in [0.15, 0.2) is 0 Å². The number of rotatable bonds is 6. The van der Waals surface area contributed by atoms with E-state index in [0.29, 0.717) is 28.0 Å². The molecule has 0 bridgehead atoms. The Morgan fingerprint density at radius 3 is 2.48 bits per heavy atom. The summed E-state index contributed by atoms with van der Waals surface area (Å²) in [6.45, 7) is 2.02. The lowest BCUT2D eigenvalue weighted by atomic mass is 10.2. The van der Waals surface area contributed by atoms with Gasteiger partial charge in [-0.25, -0.2) is 4.79 Å². The summed E-state index contributed by atoms with van der Waals surface area (Å²) in [7, 11) is 0. The van der Waals surface area contributed by atoms with Crippen LogP contribution in [0.1, 0.15) is 30.1 Å². The van der Waals surface area contributed by atoms with E-state index in [4.69, 9.17) is 18.6 Å². The van der Waals surface area contributed by atoms with Crippen molar-refractivity contribution in [3.05, 3.63) is 64.5 Å². The third kappa shape index (κ3) is 4.13. The molecule has 3 aromatic rings. The predicted octanol–water partition coefficient (Wildman–Crippen LogP) is 4.08. The zero-order chi connectivity index (χ0) is 20.4.